The van der Waals surface area contributed by atoms with Gasteiger partial charge in [0.1, 0.15) is 0 Å². The molecule has 1 rings (SSSR count). The maximum atomic E-state index is 4.12. The van der Waals surface area contributed by atoms with Crippen LogP contribution in [0.4, 0.5) is 0 Å². The van der Waals surface area contributed by atoms with Crippen molar-refractivity contribution in [1.29, 1.82) is 0 Å². The summed E-state index contributed by atoms with van der Waals surface area (Å²) in [5, 5.41) is 0.980. The molecule has 0 spiro atoms. The van der Waals surface area contributed by atoms with Crippen molar-refractivity contribution in [2.75, 3.05) is 5.33 Å². The van der Waals surface area contributed by atoms with Gasteiger partial charge in [0, 0.05) is 5.33 Å². The van der Waals surface area contributed by atoms with Crippen molar-refractivity contribution in [2.24, 2.45) is 11.3 Å². The van der Waals surface area contributed by atoms with Crippen LogP contribution in [0.3, 0.4) is 0 Å². The van der Waals surface area contributed by atoms with E-state index in [4.69, 9.17) is 0 Å². The van der Waals surface area contributed by atoms with Gasteiger partial charge in [0.2, 0.25) is 0 Å². The van der Waals surface area contributed by atoms with Gasteiger partial charge in [-0.25, -0.2) is 0 Å². The van der Waals surface area contributed by atoms with E-state index in [0.717, 1.165) is 11.2 Å². The summed E-state index contributed by atoms with van der Waals surface area (Å²) in [6, 6.07) is 0. The Morgan fingerprint density at radius 1 is 1.58 bits per heavy atom. The third-order valence-electron chi connectivity index (χ3n) is 2.95. The summed E-state index contributed by atoms with van der Waals surface area (Å²) in [5.74, 6) is 0.771. The van der Waals surface area contributed by atoms with E-state index in [1.165, 1.54) is 31.3 Å². The summed E-state index contributed by atoms with van der Waals surface area (Å²) in [5.41, 5.74) is 1.94. The number of rotatable bonds is 2. The van der Waals surface area contributed by atoms with Crippen LogP contribution in [-0.2, 0) is 0 Å². The molecule has 0 saturated heterocycles. The lowest BCUT2D eigenvalue weighted by molar-refractivity contribution is 0.200. The van der Waals surface area contributed by atoms with Crippen LogP contribution in [0.5, 0.6) is 0 Å². The highest BCUT2D eigenvalue weighted by Crippen LogP contribution is 2.41. The quantitative estimate of drug-likeness (QED) is 0.494. The van der Waals surface area contributed by atoms with Crippen molar-refractivity contribution >= 4 is 15.9 Å². The van der Waals surface area contributed by atoms with Gasteiger partial charge in [0.25, 0.3) is 0 Å². The summed E-state index contributed by atoms with van der Waals surface area (Å²) >= 11 is 3.49. The van der Waals surface area contributed by atoms with Crippen LogP contribution in [0, 0.1) is 11.3 Å². The highest BCUT2D eigenvalue weighted by molar-refractivity contribution is 9.09. The minimum atomic E-state index is 0.550. The molecule has 70 valence electrons. The van der Waals surface area contributed by atoms with Gasteiger partial charge in [-0.15, -0.1) is 0 Å². The van der Waals surface area contributed by atoms with Crippen molar-refractivity contribution < 1.29 is 0 Å². The third kappa shape index (κ3) is 2.62. The fourth-order valence-corrected chi connectivity index (χ4v) is 2.61. The third-order valence-corrected chi connectivity index (χ3v) is 3.67. The van der Waals surface area contributed by atoms with E-state index < -0.39 is 0 Å². The van der Waals surface area contributed by atoms with Gasteiger partial charge in [-0.2, -0.15) is 0 Å². The summed E-state index contributed by atoms with van der Waals surface area (Å²) < 4.78 is 0. The molecule has 0 bridgehead atoms. The monoisotopic (exact) mass is 230 g/mol. The second-order valence-corrected chi connectivity index (χ2v) is 5.31. The number of hydrogen-bond acceptors (Lipinski definition) is 0. The highest BCUT2D eigenvalue weighted by Gasteiger charge is 2.28. The van der Waals surface area contributed by atoms with E-state index in [2.05, 4.69) is 36.4 Å². The first kappa shape index (κ1) is 10.3. The van der Waals surface area contributed by atoms with E-state index in [1.807, 2.05) is 0 Å². The van der Waals surface area contributed by atoms with Crippen LogP contribution < -0.4 is 0 Å². The van der Waals surface area contributed by atoms with E-state index in [0.29, 0.717) is 5.41 Å². The predicted octanol–water partition coefficient (Wildman–Crippen LogP) is 4.15. The Morgan fingerprint density at radius 2 is 2.25 bits per heavy atom. The van der Waals surface area contributed by atoms with Gasteiger partial charge in [0.05, 0.1) is 0 Å². The lowest BCUT2D eigenvalue weighted by Gasteiger charge is -2.35. The standard InChI is InChI=1S/C11H19Br/c1-9(8-12)10-5-4-6-11(2,3)7-10/h10H,1,4-8H2,2-3H3. The topological polar surface area (TPSA) is 0 Å². The van der Waals surface area contributed by atoms with E-state index >= 15 is 0 Å². The second kappa shape index (κ2) is 3.95. The molecule has 0 amide bonds. The lowest BCUT2D eigenvalue weighted by atomic mass is 9.70. The molecule has 0 aliphatic heterocycles. The molecule has 0 aromatic carbocycles. The molecular formula is C11H19Br. The first-order valence-electron chi connectivity index (χ1n) is 4.79. The average molecular weight is 231 g/mol. The normalized spacial score (nSPS) is 28.4. The SMILES string of the molecule is C=C(CBr)C1CCCC(C)(C)C1. The summed E-state index contributed by atoms with van der Waals surface area (Å²) in [4.78, 5) is 0. The molecule has 1 saturated carbocycles. The van der Waals surface area contributed by atoms with E-state index in [9.17, 15) is 0 Å². The molecule has 1 unspecified atom stereocenters. The van der Waals surface area contributed by atoms with Crippen LogP contribution in [0.2, 0.25) is 0 Å². The first-order chi connectivity index (χ1) is 5.55. The largest absolute Gasteiger partial charge is 0.0987 e. The number of alkyl halides is 1. The van der Waals surface area contributed by atoms with Crippen LogP contribution in [0.25, 0.3) is 0 Å². The molecule has 12 heavy (non-hydrogen) atoms. The predicted molar refractivity (Wildman–Crippen MR) is 58.7 cm³/mol. The number of hydrogen-bond donors (Lipinski definition) is 0. The van der Waals surface area contributed by atoms with Crippen molar-refractivity contribution in [3.05, 3.63) is 12.2 Å². The lowest BCUT2D eigenvalue weighted by Crippen LogP contribution is -2.23. The summed E-state index contributed by atoms with van der Waals surface area (Å²) in [6.07, 6.45) is 5.45. The molecule has 1 aliphatic carbocycles. The zero-order valence-corrected chi connectivity index (χ0v) is 9.78. The molecule has 0 radical (unpaired) electrons. The van der Waals surface area contributed by atoms with Gasteiger partial charge in [-0.1, -0.05) is 48.4 Å². The molecule has 0 aromatic rings. The van der Waals surface area contributed by atoms with Gasteiger partial charge < -0.3 is 0 Å². The number of allylic oxidation sites excluding steroid dienone is 1. The highest BCUT2D eigenvalue weighted by atomic mass is 79.9. The van der Waals surface area contributed by atoms with Gasteiger partial charge in [-0.3, -0.25) is 0 Å². The Bertz CT molecular complexity index is 170. The second-order valence-electron chi connectivity index (χ2n) is 4.75. The molecule has 0 nitrogen and oxygen atoms in total. The van der Waals surface area contributed by atoms with Crippen molar-refractivity contribution in [1.82, 2.24) is 0 Å². The zero-order valence-electron chi connectivity index (χ0n) is 8.20. The van der Waals surface area contributed by atoms with Crippen LogP contribution in [0.15, 0.2) is 12.2 Å². The van der Waals surface area contributed by atoms with Crippen molar-refractivity contribution in [3.8, 4) is 0 Å². The Balaban J connectivity index is 2.52. The molecular weight excluding hydrogens is 212 g/mol. The van der Waals surface area contributed by atoms with Crippen LogP contribution in [-0.4, -0.2) is 5.33 Å². The Labute approximate surface area is 84.6 Å². The fourth-order valence-electron chi connectivity index (χ4n) is 2.16. The van der Waals surface area contributed by atoms with E-state index in [1.54, 1.807) is 0 Å². The molecule has 1 fully saturated rings. The Morgan fingerprint density at radius 3 is 2.75 bits per heavy atom. The maximum Gasteiger partial charge on any atom is 0.0241 e. The molecule has 1 aliphatic rings. The Kier molecular flexibility index (Phi) is 3.39. The molecule has 0 aromatic heterocycles. The van der Waals surface area contributed by atoms with Gasteiger partial charge in [-0.05, 0) is 30.6 Å². The minimum Gasteiger partial charge on any atom is -0.0987 e. The van der Waals surface area contributed by atoms with E-state index in [-0.39, 0.29) is 0 Å². The van der Waals surface area contributed by atoms with Crippen molar-refractivity contribution in [2.45, 2.75) is 39.5 Å². The average Bonchev–Trinajstić information content (AvgIpc) is 2.01. The zero-order chi connectivity index (χ0) is 9.19. The van der Waals surface area contributed by atoms with Gasteiger partial charge in [0.15, 0.2) is 0 Å². The summed E-state index contributed by atoms with van der Waals surface area (Å²) in [6.45, 7) is 8.87. The molecule has 0 N–H and O–H groups in total. The smallest absolute Gasteiger partial charge is 0.0241 e. The molecule has 1 heteroatoms. The van der Waals surface area contributed by atoms with Crippen molar-refractivity contribution in [3.63, 3.8) is 0 Å². The van der Waals surface area contributed by atoms with Gasteiger partial charge >= 0.3 is 0 Å². The minimum absolute atomic E-state index is 0.550. The molecule has 0 heterocycles. The Hall–Kier alpha value is 0.220. The van der Waals surface area contributed by atoms with Crippen LogP contribution >= 0.6 is 15.9 Å². The first-order valence-corrected chi connectivity index (χ1v) is 5.91. The molecule has 1 atom stereocenters. The summed E-state index contributed by atoms with van der Waals surface area (Å²) in [7, 11) is 0. The fraction of sp³-hybridized carbons (Fsp3) is 0.818. The van der Waals surface area contributed by atoms with Crippen LogP contribution in [0.1, 0.15) is 39.5 Å². The number of halogens is 1. The maximum absolute atomic E-state index is 4.12.